The second-order valence-electron chi connectivity index (χ2n) is 6.22. The van der Waals surface area contributed by atoms with E-state index in [1.165, 1.54) is 0 Å². The number of benzene rings is 2. The number of hydrogen-bond donors (Lipinski definition) is 1. The van der Waals surface area contributed by atoms with Crippen LogP contribution in [0.4, 0.5) is 11.4 Å². The highest BCUT2D eigenvalue weighted by molar-refractivity contribution is 6.39. The van der Waals surface area contributed by atoms with Crippen LogP contribution >= 0.6 is 11.6 Å². The van der Waals surface area contributed by atoms with Gasteiger partial charge < -0.3 is 15.1 Å². The second-order valence-corrected chi connectivity index (χ2v) is 6.66. The highest BCUT2D eigenvalue weighted by Crippen LogP contribution is 2.21. The van der Waals surface area contributed by atoms with E-state index in [-0.39, 0.29) is 0 Å². The molecule has 1 N–H and O–H groups in total. The van der Waals surface area contributed by atoms with Crippen LogP contribution in [0.2, 0.25) is 5.02 Å². The van der Waals surface area contributed by atoms with Crippen molar-refractivity contribution >= 4 is 34.8 Å². The summed E-state index contributed by atoms with van der Waals surface area (Å²) in [6.07, 6.45) is 0.795. The lowest BCUT2D eigenvalue weighted by Gasteiger charge is -2.35. The highest BCUT2D eigenvalue weighted by Gasteiger charge is 2.26. The Kier molecular flexibility index (Phi) is 5.78. The van der Waals surface area contributed by atoms with Crippen LogP contribution in [0.15, 0.2) is 48.5 Å². The molecule has 3 rings (SSSR count). The predicted molar refractivity (Wildman–Crippen MR) is 105 cm³/mol. The molecule has 0 spiro atoms. The molecule has 0 radical (unpaired) electrons. The Balaban J connectivity index is 1.58. The zero-order valence-electron chi connectivity index (χ0n) is 14.7. The van der Waals surface area contributed by atoms with Crippen LogP contribution in [-0.2, 0) is 16.0 Å². The van der Waals surface area contributed by atoms with Crippen LogP contribution in [0, 0.1) is 0 Å². The van der Waals surface area contributed by atoms with Crippen LogP contribution in [0.5, 0.6) is 0 Å². The van der Waals surface area contributed by atoms with E-state index in [0.29, 0.717) is 36.9 Å². The zero-order chi connectivity index (χ0) is 18.5. The maximum absolute atomic E-state index is 12.5. The largest absolute Gasteiger partial charge is 0.368 e. The summed E-state index contributed by atoms with van der Waals surface area (Å²) in [6.45, 7) is 4.38. The molecule has 1 fully saturated rings. The highest BCUT2D eigenvalue weighted by atomic mass is 35.5. The molecule has 1 heterocycles. The van der Waals surface area contributed by atoms with E-state index in [9.17, 15) is 9.59 Å². The quantitative estimate of drug-likeness (QED) is 0.843. The average molecular weight is 372 g/mol. The number of nitrogens with one attached hydrogen (secondary N) is 1. The van der Waals surface area contributed by atoms with E-state index in [1.54, 1.807) is 4.90 Å². The molecule has 0 saturated carbocycles. The van der Waals surface area contributed by atoms with E-state index >= 15 is 0 Å². The van der Waals surface area contributed by atoms with Crippen molar-refractivity contribution in [2.75, 3.05) is 36.4 Å². The number of hydrogen-bond acceptors (Lipinski definition) is 3. The fraction of sp³-hybridized carbons (Fsp3) is 0.300. The van der Waals surface area contributed by atoms with E-state index in [2.05, 4.69) is 10.2 Å². The number of nitrogens with zero attached hydrogens (tertiary/aromatic N) is 2. The molecular weight excluding hydrogens is 350 g/mol. The zero-order valence-corrected chi connectivity index (χ0v) is 15.5. The molecule has 5 nitrogen and oxygen atoms in total. The van der Waals surface area contributed by atoms with Gasteiger partial charge in [-0.25, -0.2) is 0 Å². The topological polar surface area (TPSA) is 52.7 Å². The first-order chi connectivity index (χ1) is 12.6. The number of halogens is 1. The number of para-hydroxylation sites is 1. The van der Waals surface area contributed by atoms with Crippen LogP contribution < -0.4 is 10.2 Å². The first-order valence-electron chi connectivity index (χ1n) is 8.77. The first-order valence-corrected chi connectivity index (χ1v) is 9.15. The number of aryl methyl sites for hydroxylation is 1. The van der Waals surface area contributed by atoms with Crippen LogP contribution in [-0.4, -0.2) is 42.9 Å². The van der Waals surface area contributed by atoms with Crippen molar-refractivity contribution in [1.29, 1.82) is 0 Å². The predicted octanol–water partition coefficient (Wildman–Crippen LogP) is 3.19. The van der Waals surface area contributed by atoms with Gasteiger partial charge in [-0.15, -0.1) is 0 Å². The van der Waals surface area contributed by atoms with Gasteiger partial charge in [0.05, 0.1) is 0 Å². The van der Waals surface area contributed by atoms with Gasteiger partial charge in [0.15, 0.2) is 0 Å². The molecule has 6 heteroatoms. The Labute approximate surface area is 158 Å². The summed E-state index contributed by atoms with van der Waals surface area (Å²) in [4.78, 5) is 28.6. The van der Waals surface area contributed by atoms with Crippen molar-refractivity contribution in [2.45, 2.75) is 13.3 Å². The summed E-state index contributed by atoms with van der Waals surface area (Å²) in [5.41, 5.74) is 2.75. The number of anilines is 2. The number of piperazine rings is 1. The maximum Gasteiger partial charge on any atom is 0.313 e. The summed E-state index contributed by atoms with van der Waals surface area (Å²) >= 11 is 6.04. The molecule has 26 heavy (non-hydrogen) atoms. The molecule has 2 aromatic rings. The minimum atomic E-state index is -0.581. The molecular formula is C20H22ClN3O2. The minimum Gasteiger partial charge on any atom is -0.368 e. The molecule has 1 saturated heterocycles. The summed E-state index contributed by atoms with van der Waals surface area (Å²) in [7, 11) is 0. The van der Waals surface area contributed by atoms with Crippen molar-refractivity contribution in [2.24, 2.45) is 0 Å². The number of rotatable bonds is 3. The summed E-state index contributed by atoms with van der Waals surface area (Å²) in [6, 6.07) is 15.2. The van der Waals surface area contributed by atoms with E-state index in [0.717, 1.165) is 17.7 Å². The molecule has 0 aliphatic carbocycles. The normalized spacial score (nSPS) is 14.2. The van der Waals surface area contributed by atoms with Crippen molar-refractivity contribution in [3.8, 4) is 0 Å². The van der Waals surface area contributed by atoms with Gasteiger partial charge in [0.1, 0.15) is 0 Å². The molecule has 0 unspecified atom stereocenters. The number of carbonyl (C=O) groups is 2. The standard InChI is InChI=1S/C20H22ClN3O2/c1-2-15-6-3-4-9-18(15)22-19(25)20(26)24-12-10-23(11-13-24)17-8-5-7-16(21)14-17/h3-9,14H,2,10-13H2,1H3,(H,22,25). The van der Waals surface area contributed by atoms with Gasteiger partial charge in [-0.2, -0.15) is 0 Å². The van der Waals surface area contributed by atoms with Gasteiger partial charge in [-0.1, -0.05) is 42.8 Å². The Bertz CT molecular complexity index is 801. The maximum atomic E-state index is 12.5. The van der Waals surface area contributed by atoms with Crippen LogP contribution in [0.3, 0.4) is 0 Å². The van der Waals surface area contributed by atoms with Gasteiger partial charge in [-0.05, 0) is 36.2 Å². The summed E-state index contributed by atoms with van der Waals surface area (Å²) in [5.74, 6) is -1.07. The Morgan fingerprint density at radius 3 is 2.46 bits per heavy atom. The molecule has 2 aromatic carbocycles. The summed E-state index contributed by atoms with van der Waals surface area (Å²) in [5, 5.41) is 3.44. The molecule has 0 aromatic heterocycles. The van der Waals surface area contributed by atoms with Crippen LogP contribution in [0.25, 0.3) is 0 Å². The number of carbonyl (C=O) groups excluding carboxylic acids is 2. The van der Waals surface area contributed by atoms with Gasteiger partial charge >= 0.3 is 11.8 Å². The van der Waals surface area contributed by atoms with Gasteiger partial charge in [0.25, 0.3) is 0 Å². The minimum absolute atomic E-state index is 0.485. The molecule has 0 bridgehead atoms. The molecule has 0 atom stereocenters. The van der Waals surface area contributed by atoms with Crippen LogP contribution in [0.1, 0.15) is 12.5 Å². The fourth-order valence-electron chi connectivity index (χ4n) is 3.11. The molecule has 136 valence electrons. The van der Waals surface area contributed by atoms with E-state index < -0.39 is 11.8 Å². The first kappa shape index (κ1) is 18.3. The van der Waals surface area contributed by atoms with Crippen molar-refractivity contribution in [3.63, 3.8) is 0 Å². The van der Waals surface area contributed by atoms with Crippen molar-refractivity contribution < 1.29 is 9.59 Å². The Hall–Kier alpha value is -2.53. The second kappa shape index (κ2) is 8.23. The summed E-state index contributed by atoms with van der Waals surface area (Å²) < 4.78 is 0. The van der Waals surface area contributed by atoms with E-state index in [4.69, 9.17) is 11.6 Å². The smallest absolute Gasteiger partial charge is 0.313 e. The van der Waals surface area contributed by atoms with Crippen molar-refractivity contribution in [3.05, 3.63) is 59.1 Å². The SMILES string of the molecule is CCc1ccccc1NC(=O)C(=O)N1CCN(c2cccc(Cl)c2)CC1. The monoisotopic (exact) mass is 371 g/mol. The molecule has 1 aliphatic heterocycles. The third kappa shape index (κ3) is 4.17. The third-order valence-corrected chi connectivity index (χ3v) is 4.82. The molecule has 1 aliphatic rings. The van der Waals surface area contributed by atoms with E-state index in [1.807, 2.05) is 55.5 Å². The lowest BCUT2D eigenvalue weighted by Crippen LogP contribution is -2.51. The lowest BCUT2D eigenvalue weighted by atomic mass is 10.1. The molecule has 2 amide bonds. The third-order valence-electron chi connectivity index (χ3n) is 4.58. The Morgan fingerprint density at radius 1 is 1.04 bits per heavy atom. The lowest BCUT2D eigenvalue weighted by molar-refractivity contribution is -0.143. The Morgan fingerprint density at radius 2 is 1.77 bits per heavy atom. The van der Waals surface area contributed by atoms with Gasteiger partial charge in [0.2, 0.25) is 0 Å². The fourth-order valence-corrected chi connectivity index (χ4v) is 3.30. The van der Waals surface area contributed by atoms with Crippen molar-refractivity contribution in [1.82, 2.24) is 4.90 Å². The average Bonchev–Trinajstić information content (AvgIpc) is 2.68. The van der Waals surface area contributed by atoms with Gasteiger partial charge in [-0.3, -0.25) is 9.59 Å². The number of amides is 2. The van der Waals surface area contributed by atoms with Gasteiger partial charge in [0, 0.05) is 42.6 Å².